The van der Waals surface area contributed by atoms with Crippen LogP contribution in [-0.2, 0) is 0 Å². The molecule has 6 rings (SSSR count). The predicted molar refractivity (Wildman–Crippen MR) is 159 cm³/mol. The van der Waals surface area contributed by atoms with Gasteiger partial charge in [-0.25, -0.2) is 4.98 Å². The predicted octanol–water partition coefficient (Wildman–Crippen LogP) is 8.13. The molecule has 1 N–H and O–H groups in total. The summed E-state index contributed by atoms with van der Waals surface area (Å²) in [6, 6.07) is 28.8. The largest absolute Gasteiger partial charge is 0.497 e. The summed E-state index contributed by atoms with van der Waals surface area (Å²) in [6.45, 7) is 0. The standard InChI is InChI=1S/C31H21BrClN3O2/c1-38-23-13-11-22(12-14-23)36-29(34-28-16-8-20(32)18-26(28)31(36)37)17-15-25-24-4-2-3-5-27(24)35-30(25)19-6-9-21(33)10-7-19/h2-18,35H,1H3/b17-15+. The third kappa shape index (κ3) is 4.42. The number of benzene rings is 4. The smallest absolute Gasteiger partial charge is 0.266 e. The third-order valence-corrected chi connectivity index (χ3v) is 7.21. The van der Waals surface area contributed by atoms with Gasteiger partial charge in [-0.05, 0) is 78.4 Å². The Hall–Kier alpha value is -4.13. The third-order valence-electron chi connectivity index (χ3n) is 6.47. The van der Waals surface area contributed by atoms with Crippen LogP contribution in [0.5, 0.6) is 5.75 Å². The summed E-state index contributed by atoms with van der Waals surface area (Å²) >= 11 is 9.63. The van der Waals surface area contributed by atoms with Gasteiger partial charge in [0.15, 0.2) is 0 Å². The van der Waals surface area contributed by atoms with Crippen LogP contribution in [0.15, 0.2) is 100 Å². The summed E-state index contributed by atoms with van der Waals surface area (Å²) in [5.74, 6) is 1.23. The maximum Gasteiger partial charge on any atom is 0.266 e. The number of nitrogens with zero attached hydrogens (tertiary/aromatic N) is 2. The average molecular weight is 583 g/mol. The fraction of sp³-hybridized carbons (Fsp3) is 0.0323. The van der Waals surface area contributed by atoms with Crippen molar-refractivity contribution >= 4 is 61.5 Å². The summed E-state index contributed by atoms with van der Waals surface area (Å²) in [5, 5.41) is 2.27. The maximum absolute atomic E-state index is 13.8. The highest BCUT2D eigenvalue weighted by atomic mass is 79.9. The number of hydrogen-bond acceptors (Lipinski definition) is 3. The van der Waals surface area contributed by atoms with E-state index >= 15 is 0 Å². The minimum absolute atomic E-state index is 0.155. The Morgan fingerprint density at radius 2 is 1.68 bits per heavy atom. The minimum Gasteiger partial charge on any atom is -0.497 e. The minimum atomic E-state index is -0.155. The molecule has 2 aromatic heterocycles. The van der Waals surface area contributed by atoms with Crippen molar-refractivity contribution in [3.8, 4) is 22.7 Å². The second-order valence-corrected chi connectivity index (χ2v) is 10.1. The highest BCUT2D eigenvalue weighted by Gasteiger charge is 2.14. The second-order valence-electron chi connectivity index (χ2n) is 8.77. The zero-order valence-electron chi connectivity index (χ0n) is 20.3. The summed E-state index contributed by atoms with van der Waals surface area (Å²) in [7, 11) is 1.62. The van der Waals surface area contributed by atoms with Gasteiger partial charge in [0.25, 0.3) is 5.56 Å². The molecule has 186 valence electrons. The number of hydrogen-bond donors (Lipinski definition) is 1. The molecule has 38 heavy (non-hydrogen) atoms. The van der Waals surface area contributed by atoms with Crippen molar-refractivity contribution in [2.45, 2.75) is 0 Å². The van der Waals surface area contributed by atoms with Gasteiger partial charge in [0, 0.05) is 26.0 Å². The first kappa shape index (κ1) is 24.2. The van der Waals surface area contributed by atoms with E-state index in [1.165, 1.54) is 0 Å². The van der Waals surface area contributed by atoms with Crippen LogP contribution in [0.2, 0.25) is 5.02 Å². The molecule has 4 aromatic carbocycles. The SMILES string of the molecule is COc1ccc(-n2c(/C=C/c3c(-c4ccc(Cl)cc4)[nH]c4ccccc34)nc3ccc(Br)cc3c2=O)cc1. The van der Waals surface area contributed by atoms with Crippen molar-refractivity contribution in [3.63, 3.8) is 0 Å². The topological polar surface area (TPSA) is 59.9 Å². The summed E-state index contributed by atoms with van der Waals surface area (Å²) in [6.07, 6.45) is 3.90. The van der Waals surface area contributed by atoms with Crippen molar-refractivity contribution in [2.24, 2.45) is 0 Å². The summed E-state index contributed by atoms with van der Waals surface area (Å²) in [5.41, 5.74) is 5.14. The summed E-state index contributed by atoms with van der Waals surface area (Å²) < 4.78 is 7.76. The molecule has 0 amide bonds. The van der Waals surface area contributed by atoms with Gasteiger partial charge >= 0.3 is 0 Å². The number of rotatable bonds is 5. The Labute approximate surface area is 232 Å². The lowest BCUT2D eigenvalue weighted by Gasteiger charge is -2.12. The molecule has 0 fully saturated rings. The Morgan fingerprint density at radius 1 is 0.921 bits per heavy atom. The Balaban J connectivity index is 1.57. The molecule has 0 saturated carbocycles. The van der Waals surface area contributed by atoms with Gasteiger partial charge in [0.05, 0.1) is 29.4 Å². The molecule has 0 radical (unpaired) electrons. The van der Waals surface area contributed by atoms with Crippen molar-refractivity contribution in [1.82, 2.24) is 14.5 Å². The summed E-state index contributed by atoms with van der Waals surface area (Å²) in [4.78, 5) is 22.2. The van der Waals surface area contributed by atoms with Gasteiger partial charge in [-0.3, -0.25) is 9.36 Å². The zero-order chi connectivity index (χ0) is 26.2. The van der Waals surface area contributed by atoms with Crippen LogP contribution in [0.3, 0.4) is 0 Å². The van der Waals surface area contributed by atoms with Crippen LogP contribution in [0, 0.1) is 0 Å². The lowest BCUT2D eigenvalue weighted by Crippen LogP contribution is -2.22. The van der Waals surface area contributed by atoms with Crippen molar-refractivity contribution in [3.05, 3.63) is 122 Å². The first-order valence-electron chi connectivity index (χ1n) is 11.9. The number of methoxy groups -OCH3 is 1. The van der Waals surface area contributed by atoms with E-state index in [4.69, 9.17) is 21.3 Å². The molecule has 0 atom stereocenters. The molecular formula is C31H21BrClN3O2. The Morgan fingerprint density at radius 3 is 2.45 bits per heavy atom. The fourth-order valence-electron chi connectivity index (χ4n) is 4.61. The van der Waals surface area contributed by atoms with Gasteiger partial charge < -0.3 is 9.72 Å². The molecule has 6 aromatic rings. The molecule has 0 unspecified atom stereocenters. The van der Waals surface area contributed by atoms with E-state index in [9.17, 15) is 4.79 Å². The van der Waals surface area contributed by atoms with Crippen LogP contribution in [0.25, 0.3) is 50.9 Å². The quantitative estimate of drug-likeness (QED) is 0.223. The van der Waals surface area contributed by atoms with E-state index in [1.807, 2.05) is 91.0 Å². The van der Waals surface area contributed by atoms with Crippen molar-refractivity contribution in [2.75, 3.05) is 7.11 Å². The number of ether oxygens (including phenoxy) is 1. The van der Waals surface area contributed by atoms with E-state index in [0.717, 1.165) is 32.2 Å². The number of fused-ring (bicyclic) bond motifs is 2. The highest BCUT2D eigenvalue weighted by Crippen LogP contribution is 2.32. The van der Waals surface area contributed by atoms with E-state index in [-0.39, 0.29) is 5.56 Å². The molecule has 0 bridgehead atoms. The Bertz CT molecular complexity index is 1890. The lowest BCUT2D eigenvalue weighted by molar-refractivity contribution is 0.414. The lowest BCUT2D eigenvalue weighted by atomic mass is 10.0. The number of aromatic amines is 1. The molecule has 7 heteroatoms. The highest BCUT2D eigenvalue weighted by molar-refractivity contribution is 9.10. The maximum atomic E-state index is 13.8. The number of nitrogens with one attached hydrogen (secondary N) is 1. The number of halogens is 2. The molecule has 0 aliphatic heterocycles. The first-order valence-corrected chi connectivity index (χ1v) is 13.1. The molecule has 5 nitrogen and oxygen atoms in total. The zero-order valence-corrected chi connectivity index (χ0v) is 22.6. The van der Waals surface area contributed by atoms with E-state index in [2.05, 4.69) is 27.0 Å². The molecule has 0 aliphatic carbocycles. The van der Waals surface area contributed by atoms with Gasteiger partial charge in [-0.2, -0.15) is 0 Å². The van der Waals surface area contributed by atoms with Gasteiger partial charge in [-0.15, -0.1) is 0 Å². The van der Waals surface area contributed by atoms with Crippen LogP contribution in [0.4, 0.5) is 0 Å². The van der Waals surface area contributed by atoms with E-state index in [1.54, 1.807) is 17.7 Å². The number of H-pyrrole nitrogens is 1. The molecular weight excluding hydrogens is 562 g/mol. The van der Waals surface area contributed by atoms with Crippen LogP contribution in [0.1, 0.15) is 11.4 Å². The Kier molecular flexibility index (Phi) is 6.35. The molecule has 2 heterocycles. The van der Waals surface area contributed by atoms with E-state index in [0.29, 0.717) is 33.2 Å². The molecule has 0 saturated heterocycles. The monoisotopic (exact) mass is 581 g/mol. The van der Waals surface area contributed by atoms with Gasteiger partial charge in [0.1, 0.15) is 11.6 Å². The molecule has 0 aliphatic rings. The number of para-hydroxylation sites is 1. The second kappa shape index (κ2) is 9.97. The first-order chi connectivity index (χ1) is 18.5. The number of aromatic nitrogens is 3. The average Bonchev–Trinajstić information content (AvgIpc) is 3.31. The van der Waals surface area contributed by atoms with Gasteiger partial charge in [-0.1, -0.05) is 57.9 Å². The van der Waals surface area contributed by atoms with Gasteiger partial charge in [0.2, 0.25) is 0 Å². The van der Waals surface area contributed by atoms with E-state index < -0.39 is 0 Å². The molecule has 0 spiro atoms. The van der Waals surface area contributed by atoms with Crippen molar-refractivity contribution in [1.29, 1.82) is 0 Å². The van der Waals surface area contributed by atoms with Crippen LogP contribution in [-0.4, -0.2) is 21.6 Å². The fourth-order valence-corrected chi connectivity index (χ4v) is 5.09. The van der Waals surface area contributed by atoms with Crippen LogP contribution < -0.4 is 10.3 Å². The van der Waals surface area contributed by atoms with Crippen molar-refractivity contribution < 1.29 is 4.74 Å². The normalized spacial score (nSPS) is 11.6. The van der Waals surface area contributed by atoms with Crippen LogP contribution >= 0.6 is 27.5 Å².